The van der Waals surface area contributed by atoms with E-state index in [0.29, 0.717) is 11.4 Å². The van der Waals surface area contributed by atoms with Gasteiger partial charge in [0.05, 0.1) is 23.9 Å². The highest BCUT2D eigenvalue weighted by Gasteiger charge is 2.16. The molecule has 0 radical (unpaired) electrons. The molecule has 2 heterocycles. The van der Waals surface area contributed by atoms with Crippen molar-refractivity contribution in [2.45, 2.75) is 33.2 Å². The summed E-state index contributed by atoms with van der Waals surface area (Å²) in [6, 6.07) is 5.93. The van der Waals surface area contributed by atoms with E-state index < -0.39 is 0 Å². The van der Waals surface area contributed by atoms with Crippen LogP contribution in [0.5, 0.6) is 5.75 Å². The van der Waals surface area contributed by atoms with Gasteiger partial charge >= 0.3 is 0 Å². The lowest BCUT2D eigenvalue weighted by Gasteiger charge is -2.17. The lowest BCUT2D eigenvalue weighted by atomic mass is 10.1. The van der Waals surface area contributed by atoms with E-state index in [-0.39, 0.29) is 11.6 Å². The molecule has 21 heavy (non-hydrogen) atoms. The number of rotatable bonds is 3. The lowest BCUT2D eigenvalue weighted by molar-refractivity contribution is 0.357. The zero-order valence-corrected chi connectivity index (χ0v) is 12.5. The Labute approximate surface area is 123 Å². The summed E-state index contributed by atoms with van der Waals surface area (Å²) in [6.45, 7) is 6.37. The summed E-state index contributed by atoms with van der Waals surface area (Å²) in [7, 11) is 0. The number of ether oxygens (including phenoxy) is 1. The predicted octanol–water partition coefficient (Wildman–Crippen LogP) is 2.49. The summed E-state index contributed by atoms with van der Waals surface area (Å²) in [5.74, 6) is 1.60. The van der Waals surface area contributed by atoms with Gasteiger partial charge in [0.1, 0.15) is 11.6 Å². The molecule has 0 fully saturated rings. The first-order chi connectivity index (χ1) is 10.0. The highest BCUT2D eigenvalue weighted by molar-refractivity contribution is 5.53. The zero-order chi connectivity index (χ0) is 15.0. The van der Waals surface area contributed by atoms with E-state index in [9.17, 15) is 4.79 Å². The molecule has 5 nitrogen and oxygen atoms in total. The molecule has 0 saturated heterocycles. The van der Waals surface area contributed by atoms with Crippen LogP contribution in [0.2, 0.25) is 0 Å². The highest BCUT2D eigenvalue weighted by atomic mass is 16.5. The topological polar surface area (TPSA) is 67.0 Å². The fourth-order valence-corrected chi connectivity index (χ4v) is 2.84. The first kappa shape index (κ1) is 13.7. The number of aromatic amines is 1. The molecule has 1 aromatic carbocycles. The molecule has 3 rings (SSSR count). The minimum atomic E-state index is -0.109. The molecule has 0 amide bonds. The highest BCUT2D eigenvalue weighted by Crippen LogP contribution is 2.29. The van der Waals surface area contributed by atoms with Crippen molar-refractivity contribution < 1.29 is 4.74 Å². The van der Waals surface area contributed by atoms with Crippen LogP contribution >= 0.6 is 0 Å². The van der Waals surface area contributed by atoms with Gasteiger partial charge in [-0.2, -0.15) is 0 Å². The Bertz CT molecular complexity index is 737. The molecule has 2 N–H and O–H groups in total. The van der Waals surface area contributed by atoms with Gasteiger partial charge in [-0.1, -0.05) is 0 Å². The normalized spacial score (nSPS) is 14.4. The maximum Gasteiger partial charge on any atom is 0.256 e. The Balaban J connectivity index is 1.87. The quantitative estimate of drug-likeness (QED) is 0.909. The maximum absolute atomic E-state index is 12.1. The number of hydrogen-bond acceptors (Lipinski definition) is 4. The van der Waals surface area contributed by atoms with Crippen molar-refractivity contribution in [3.05, 3.63) is 51.2 Å². The smallest absolute Gasteiger partial charge is 0.256 e. The van der Waals surface area contributed by atoms with Crippen molar-refractivity contribution in [1.82, 2.24) is 9.97 Å². The minimum absolute atomic E-state index is 0.0792. The molecular weight excluding hydrogens is 266 g/mol. The largest absolute Gasteiger partial charge is 0.493 e. The number of fused-ring (bicyclic) bond motifs is 1. The summed E-state index contributed by atoms with van der Waals surface area (Å²) >= 11 is 0. The average molecular weight is 285 g/mol. The lowest BCUT2D eigenvalue weighted by Crippen LogP contribution is -2.23. The van der Waals surface area contributed by atoms with Crippen molar-refractivity contribution in [2.75, 3.05) is 11.9 Å². The molecule has 0 spiro atoms. The Kier molecular flexibility index (Phi) is 3.41. The van der Waals surface area contributed by atoms with Gasteiger partial charge in [-0.3, -0.25) is 4.79 Å². The standard InChI is InChI=1S/C16H19N3O2/c1-9-15(16(20)19-11(3)17-9)10(2)18-13-4-5-14-12(8-13)6-7-21-14/h4-5,8,10,18H,6-7H2,1-3H3,(H,17,19,20). The number of aromatic nitrogens is 2. The summed E-state index contributed by atoms with van der Waals surface area (Å²) in [4.78, 5) is 19.2. The summed E-state index contributed by atoms with van der Waals surface area (Å²) in [5.41, 5.74) is 3.56. The molecule has 1 unspecified atom stereocenters. The van der Waals surface area contributed by atoms with Crippen LogP contribution in [0.25, 0.3) is 0 Å². The van der Waals surface area contributed by atoms with Crippen LogP contribution in [-0.4, -0.2) is 16.6 Å². The summed E-state index contributed by atoms with van der Waals surface area (Å²) in [5, 5.41) is 3.37. The van der Waals surface area contributed by atoms with Crippen LogP contribution < -0.4 is 15.6 Å². The second kappa shape index (κ2) is 5.24. The Morgan fingerprint density at radius 1 is 1.38 bits per heavy atom. The number of anilines is 1. The van der Waals surface area contributed by atoms with Gasteiger partial charge in [0.2, 0.25) is 0 Å². The fraction of sp³-hybridized carbons (Fsp3) is 0.375. The predicted molar refractivity (Wildman–Crippen MR) is 82.0 cm³/mol. The molecule has 1 atom stereocenters. The van der Waals surface area contributed by atoms with Gasteiger partial charge in [0.15, 0.2) is 0 Å². The third-order valence-electron chi connectivity index (χ3n) is 3.77. The number of nitrogens with zero attached hydrogens (tertiary/aromatic N) is 1. The van der Waals surface area contributed by atoms with Gasteiger partial charge in [-0.05, 0) is 44.5 Å². The number of hydrogen-bond donors (Lipinski definition) is 2. The Morgan fingerprint density at radius 2 is 2.19 bits per heavy atom. The van der Waals surface area contributed by atoms with Gasteiger partial charge < -0.3 is 15.0 Å². The SMILES string of the molecule is Cc1nc(C)c(C(C)Nc2ccc3c(c2)CCO3)c(=O)[nH]1. The number of benzene rings is 1. The monoisotopic (exact) mass is 285 g/mol. The molecular formula is C16H19N3O2. The molecule has 0 bridgehead atoms. The molecule has 0 aliphatic carbocycles. The summed E-state index contributed by atoms with van der Waals surface area (Å²) < 4.78 is 5.50. The Morgan fingerprint density at radius 3 is 2.95 bits per heavy atom. The van der Waals surface area contributed by atoms with Crippen molar-refractivity contribution in [2.24, 2.45) is 0 Å². The second-order valence-electron chi connectivity index (χ2n) is 5.44. The van der Waals surface area contributed by atoms with E-state index in [1.54, 1.807) is 6.92 Å². The third-order valence-corrected chi connectivity index (χ3v) is 3.77. The first-order valence-electron chi connectivity index (χ1n) is 7.14. The molecule has 5 heteroatoms. The van der Waals surface area contributed by atoms with Crippen LogP contribution in [0.15, 0.2) is 23.0 Å². The molecule has 1 aliphatic rings. The van der Waals surface area contributed by atoms with Gasteiger partial charge in [0.25, 0.3) is 5.56 Å². The van der Waals surface area contributed by atoms with Crippen LogP contribution in [0, 0.1) is 13.8 Å². The second-order valence-corrected chi connectivity index (χ2v) is 5.44. The van der Waals surface area contributed by atoms with E-state index in [2.05, 4.69) is 21.4 Å². The van der Waals surface area contributed by atoms with E-state index in [0.717, 1.165) is 30.2 Å². The maximum atomic E-state index is 12.1. The van der Waals surface area contributed by atoms with Crippen LogP contribution in [0.4, 0.5) is 5.69 Å². The number of nitrogens with one attached hydrogen (secondary N) is 2. The molecule has 110 valence electrons. The van der Waals surface area contributed by atoms with Crippen LogP contribution in [0.1, 0.15) is 35.6 Å². The summed E-state index contributed by atoms with van der Waals surface area (Å²) in [6.07, 6.45) is 0.935. The number of aryl methyl sites for hydroxylation is 2. The van der Waals surface area contributed by atoms with E-state index in [1.807, 2.05) is 26.0 Å². The first-order valence-corrected chi connectivity index (χ1v) is 7.14. The molecule has 2 aromatic rings. The van der Waals surface area contributed by atoms with Gasteiger partial charge in [-0.25, -0.2) is 4.98 Å². The van der Waals surface area contributed by atoms with Gasteiger partial charge in [0, 0.05) is 12.1 Å². The number of H-pyrrole nitrogens is 1. The van der Waals surface area contributed by atoms with Crippen molar-refractivity contribution >= 4 is 5.69 Å². The third kappa shape index (κ3) is 2.63. The van der Waals surface area contributed by atoms with E-state index in [4.69, 9.17) is 4.74 Å². The Hall–Kier alpha value is -2.30. The average Bonchev–Trinajstić information content (AvgIpc) is 2.84. The molecule has 0 saturated carbocycles. The van der Waals surface area contributed by atoms with Crippen LogP contribution in [-0.2, 0) is 6.42 Å². The van der Waals surface area contributed by atoms with Crippen LogP contribution in [0.3, 0.4) is 0 Å². The van der Waals surface area contributed by atoms with Crippen molar-refractivity contribution in [1.29, 1.82) is 0 Å². The zero-order valence-electron chi connectivity index (χ0n) is 12.5. The van der Waals surface area contributed by atoms with E-state index in [1.165, 1.54) is 5.56 Å². The minimum Gasteiger partial charge on any atom is -0.493 e. The van der Waals surface area contributed by atoms with Gasteiger partial charge in [-0.15, -0.1) is 0 Å². The van der Waals surface area contributed by atoms with E-state index >= 15 is 0 Å². The van der Waals surface area contributed by atoms with Crippen molar-refractivity contribution in [3.63, 3.8) is 0 Å². The fourth-order valence-electron chi connectivity index (χ4n) is 2.84. The van der Waals surface area contributed by atoms with Crippen molar-refractivity contribution in [3.8, 4) is 5.75 Å². The molecule has 1 aromatic heterocycles. The molecule has 1 aliphatic heterocycles.